The van der Waals surface area contributed by atoms with Crippen molar-refractivity contribution >= 4 is 11.8 Å². The minimum Gasteiger partial charge on any atom is -0.354 e. The van der Waals surface area contributed by atoms with Gasteiger partial charge in [0.15, 0.2) is 0 Å². The molecule has 0 spiro atoms. The van der Waals surface area contributed by atoms with E-state index in [1.807, 2.05) is 25.1 Å². The summed E-state index contributed by atoms with van der Waals surface area (Å²) in [6.07, 6.45) is 7.58. The predicted molar refractivity (Wildman–Crippen MR) is 105 cm³/mol. The second kappa shape index (κ2) is 9.72. The van der Waals surface area contributed by atoms with Crippen LogP contribution in [0.5, 0.6) is 0 Å². The van der Waals surface area contributed by atoms with Crippen molar-refractivity contribution in [3.63, 3.8) is 0 Å². The Morgan fingerprint density at radius 3 is 2.38 bits per heavy atom. The maximum Gasteiger partial charge on any atom is 0.251 e. The Morgan fingerprint density at radius 1 is 1.08 bits per heavy atom. The van der Waals surface area contributed by atoms with Gasteiger partial charge in [0.05, 0.1) is 0 Å². The van der Waals surface area contributed by atoms with Crippen LogP contribution < -0.4 is 10.6 Å². The quantitative estimate of drug-likeness (QED) is 0.736. The van der Waals surface area contributed by atoms with Crippen molar-refractivity contribution in [1.29, 1.82) is 0 Å². The highest BCUT2D eigenvalue weighted by Gasteiger charge is 2.33. The molecule has 1 saturated carbocycles. The van der Waals surface area contributed by atoms with Crippen LogP contribution in [0.1, 0.15) is 60.9 Å². The third-order valence-corrected chi connectivity index (χ3v) is 5.52. The number of rotatable bonds is 7. The SMILES string of the molecule is Cc1cccc(C(=O)NCCC(=O)NCC2(N(C)C)CCCCCC2)c1. The van der Waals surface area contributed by atoms with Gasteiger partial charge in [0.25, 0.3) is 5.91 Å². The molecule has 1 fully saturated rings. The lowest BCUT2D eigenvalue weighted by Crippen LogP contribution is -2.52. The molecule has 0 aromatic heterocycles. The zero-order chi connectivity index (χ0) is 19.0. The Hall–Kier alpha value is -1.88. The largest absolute Gasteiger partial charge is 0.354 e. The van der Waals surface area contributed by atoms with Crippen molar-refractivity contribution in [2.24, 2.45) is 0 Å². The molecule has 2 rings (SSSR count). The number of carbonyl (C=O) groups excluding carboxylic acids is 2. The van der Waals surface area contributed by atoms with Gasteiger partial charge in [-0.15, -0.1) is 0 Å². The van der Waals surface area contributed by atoms with Crippen LogP contribution in [0.3, 0.4) is 0 Å². The van der Waals surface area contributed by atoms with Crippen LogP contribution in [0.15, 0.2) is 24.3 Å². The molecule has 0 unspecified atom stereocenters. The van der Waals surface area contributed by atoms with E-state index in [0.717, 1.165) is 18.4 Å². The average Bonchev–Trinajstić information content (AvgIpc) is 2.86. The molecule has 0 atom stereocenters. The second-order valence-corrected chi connectivity index (χ2v) is 7.69. The Labute approximate surface area is 157 Å². The first-order valence-corrected chi connectivity index (χ1v) is 9.72. The molecule has 0 aliphatic heterocycles. The van der Waals surface area contributed by atoms with E-state index in [-0.39, 0.29) is 17.4 Å². The van der Waals surface area contributed by atoms with Crippen LogP contribution in [-0.4, -0.2) is 49.4 Å². The van der Waals surface area contributed by atoms with Gasteiger partial charge in [-0.2, -0.15) is 0 Å². The van der Waals surface area contributed by atoms with E-state index in [2.05, 4.69) is 29.6 Å². The van der Waals surface area contributed by atoms with Crippen LogP contribution in [0.4, 0.5) is 0 Å². The zero-order valence-electron chi connectivity index (χ0n) is 16.4. The summed E-state index contributed by atoms with van der Waals surface area (Å²) >= 11 is 0. The molecule has 0 heterocycles. The molecule has 1 aromatic rings. The number of carbonyl (C=O) groups is 2. The maximum absolute atomic E-state index is 12.2. The zero-order valence-corrected chi connectivity index (χ0v) is 16.4. The molecule has 1 aromatic carbocycles. The van der Waals surface area contributed by atoms with Crippen molar-refractivity contribution in [2.75, 3.05) is 27.2 Å². The molecule has 26 heavy (non-hydrogen) atoms. The van der Waals surface area contributed by atoms with Crippen LogP contribution in [-0.2, 0) is 4.79 Å². The molecular formula is C21H33N3O2. The van der Waals surface area contributed by atoms with Gasteiger partial charge >= 0.3 is 0 Å². The molecule has 5 heteroatoms. The van der Waals surface area contributed by atoms with Gasteiger partial charge in [-0.3, -0.25) is 9.59 Å². The number of nitrogens with zero attached hydrogens (tertiary/aromatic N) is 1. The molecule has 2 amide bonds. The maximum atomic E-state index is 12.2. The van der Waals surface area contributed by atoms with Crippen molar-refractivity contribution < 1.29 is 9.59 Å². The summed E-state index contributed by atoms with van der Waals surface area (Å²) in [6.45, 7) is 3.00. The summed E-state index contributed by atoms with van der Waals surface area (Å²) in [6, 6.07) is 7.46. The molecule has 0 saturated heterocycles. The van der Waals surface area contributed by atoms with Crippen molar-refractivity contribution in [1.82, 2.24) is 15.5 Å². The van der Waals surface area contributed by atoms with E-state index < -0.39 is 0 Å². The van der Waals surface area contributed by atoms with Crippen molar-refractivity contribution in [2.45, 2.75) is 57.4 Å². The fraction of sp³-hybridized carbons (Fsp3) is 0.619. The molecule has 0 bridgehead atoms. The van der Waals surface area contributed by atoms with E-state index in [0.29, 0.717) is 25.1 Å². The predicted octanol–water partition coefficient (Wildman–Crippen LogP) is 2.89. The van der Waals surface area contributed by atoms with E-state index in [4.69, 9.17) is 0 Å². The van der Waals surface area contributed by atoms with E-state index in [9.17, 15) is 9.59 Å². The summed E-state index contributed by atoms with van der Waals surface area (Å²) in [5, 5.41) is 5.92. The summed E-state index contributed by atoms with van der Waals surface area (Å²) in [5.74, 6) is -0.130. The van der Waals surface area contributed by atoms with Gasteiger partial charge in [-0.25, -0.2) is 0 Å². The molecule has 2 N–H and O–H groups in total. The van der Waals surface area contributed by atoms with Gasteiger partial charge in [-0.05, 0) is 46.0 Å². The average molecular weight is 360 g/mol. The van der Waals surface area contributed by atoms with Crippen molar-refractivity contribution in [3.8, 4) is 0 Å². The lowest BCUT2D eigenvalue weighted by Gasteiger charge is -2.39. The number of aryl methyl sites for hydroxylation is 1. The number of hydrogen-bond acceptors (Lipinski definition) is 3. The number of hydrogen-bond donors (Lipinski definition) is 2. The highest BCUT2D eigenvalue weighted by Crippen LogP contribution is 2.30. The molecule has 5 nitrogen and oxygen atoms in total. The van der Waals surface area contributed by atoms with Gasteiger partial charge in [-0.1, -0.05) is 43.4 Å². The molecule has 144 valence electrons. The van der Waals surface area contributed by atoms with Crippen LogP contribution in [0.25, 0.3) is 0 Å². The Kier molecular flexibility index (Phi) is 7.64. The Morgan fingerprint density at radius 2 is 1.77 bits per heavy atom. The fourth-order valence-corrected chi connectivity index (χ4v) is 3.70. The highest BCUT2D eigenvalue weighted by molar-refractivity contribution is 5.94. The summed E-state index contributed by atoms with van der Waals surface area (Å²) in [5.41, 5.74) is 1.75. The lowest BCUT2D eigenvalue weighted by molar-refractivity contribution is -0.121. The summed E-state index contributed by atoms with van der Waals surface area (Å²) in [4.78, 5) is 26.6. The van der Waals surface area contributed by atoms with Crippen LogP contribution in [0, 0.1) is 6.92 Å². The second-order valence-electron chi connectivity index (χ2n) is 7.69. The van der Waals surface area contributed by atoms with Crippen LogP contribution in [0.2, 0.25) is 0 Å². The standard InChI is InChI=1S/C21H33N3O2/c1-17-9-8-10-18(15-17)20(26)22-14-11-19(25)23-16-21(24(2)3)12-6-4-5-7-13-21/h8-10,15H,4-7,11-14,16H2,1-3H3,(H,22,26)(H,23,25). The first-order valence-electron chi connectivity index (χ1n) is 9.72. The Balaban J connectivity index is 1.76. The van der Waals surface area contributed by atoms with E-state index in [1.54, 1.807) is 6.07 Å². The first kappa shape index (κ1) is 20.4. The minimum absolute atomic E-state index is 0.0000131. The normalized spacial score (nSPS) is 16.8. The Bertz CT molecular complexity index is 605. The number of benzene rings is 1. The molecule has 0 radical (unpaired) electrons. The number of likely N-dealkylation sites (N-methyl/N-ethyl adjacent to an activating group) is 1. The van der Waals surface area contributed by atoms with Gasteiger partial charge < -0.3 is 15.5 Å². The molecular weight excluding hydrogens is 326 g/mol. The summed E-state index contributed by atoms with van der Waals surface area (Å²) < 4.78 is 0. The lowest BCUT2D eigenvalue weighted by atomic mass is 9.88. The smallest absolute Gasteiger partial charge is 0.251 e. The van der Waals surface area contributed by atoms with Crippen LogP contribution >= 0.6 is 0 Å². The fourth-order valence-electron chi connectivity index (χ4n) is 3.70. The summed E-state index contributed by atoms with van der Waals surface area (Å²) in [7, 11) is 4.22. The highest BCUT2D eigenvalue weighted by atomic mass is 16.2. The van der Waals surface area contributed by atoms with E-state index >= 15 is 0 Å². The minimum atomic E-state index is -0.130. The van der Waals surface area contributed by atoms with Gasteiger partial charge in [0.1, 0.15) is 0 Å². The number of nitrogens with one attached hydrogen (secondary N) is 2. The number of amides is 2. The monoisotopic (exact) mass is 359 g/mol. The third kappa shape index (κ3) is 5.84. The molecule has 1 aliphatic rings. The van der Waals surface area contributed by atoms with Gasteiger partial charge in [0, 0.05) is 30.6 Å². The first-order chi connectivity index (χ1) is 12.4. The topological polar surface area (TPSA) is 61.4 Å². The van der Waals surface area contributed by atoms with E-state index in [1.165, 1.54) is 25.7 Å². The van der Waals surface area contributed by atoms with Gasteiger partial charge in [0.2, 0.25) is 5.91 Å². The van der Waals surface area contributed by atoms with Crippen molar-refractivity contribution in [3.05, 3.63) is 35.4 Å². The molecule has 1 aliphatic carbocycles. The third-order valence-electron chi connectivity index (χ3n) is 5.52.